The van der Waals surface area contributed by atoms with Gasteiger partial charge in [0, 0.05) is 19.7 Å². The van der Waals surface area contributed by atoms with Crippen molar-refractivity contribution in [1.82, 2.24) is 4.90 Å². The summed E-state index contributed by atoms with van der Waals surface area (Å²) in [7, 11) is 2.00. The van der Waals surface area contributed by atoms with Gasteiger partial charge >= 0.3 is 0 Å². The Kier molecular flexibility index (Phi) is 4.36. The summed E-state index contributed by atoms with van der Waals surface area (Å²) in [4.78, 5) is 2.09. The van der Waals surface area contributed by atoms with E-state index in [0.29, 0.717) is 0 Å². The summed E-state index contributed by atoms with van der Waals surface area (Å²) in [5.41, 5.74) is 3.22. The van der Waals surface area contributed by atoms with Gasteiger partial charge in [0.2, 0.25) is 0 Å². The molecule has 0 saturated carbocycles. The Hall–Kier alpha value is -2.53. The standard InChI is InChI=1S/C17H16N2/c1-19(14-15-8-4-2-5-9-15)17(12-13-18)16-10-6-3-7-11-16/h2-12H,14H2,1H3/b17-12-. The first-order chi connectivity index (χ1) is 9.31. The number of hydrogen-bond acceptors (Lipinski definition) is 2. The highest BCUT2D eigenvalue weighted by atomic mass is 15.1. The molecule has 0 spiro atoms. The molecular weight excluding hydrogens is 232 g/mol. The molecule has 2 nitrogen and oxygen atoms in total. The Morgan fingerprint density at radius 2 is 1.63 bits per heavy atom. The molecule has 2 heteroatoms. The van der Waals surface area contributed by atoms with Crippen molar-refractivity contribution < 1.29 is 0 Å². The van der Waals surface area contributed by atoms with E-state index in [1.165, 1.54) is 5.56 Å². The van der Waals surface area contributed by atoms with Crippen molar-refractivity contribution in [3.63, 3.8) is 0 Å². The smallest absolute Gasteiger partial charge is 0.0934 e. The van der Waals surface area contributed by atoms with Gasteiger partial charge in [0.25, 0.3) is 0 Å². The van der Waals surface area contributed by atoms with Gasteiger partial charge in [-0.1, -0.05) is 60.7 Å². The van der Waals surface area contributed by atoms with Crippen LogP contribution in [-0.4, -0.2) is 11.9 Å². The van der Waals surface area contributed by atoms with Crippen LogP contribution in [0.25, 0.3) is 5.70 Å². The zero-order chi connectivity index (χ0) is 13.5. The maximum absolute atomic E-state index is 8.96. The van der Waals surface area contributed by atoms with E-state index in [1.54, 1.807) is 6.08 Å². The Bertz CT molecular complexity index is 580. The van der Waals surface area contributed by atoms with Crippen LogP contribution in [0.5, 0.6) is 0 Å². The second kappa shape index (κ2) is 6.42. The molecule has 0 radical (unpaired) electrons. The van der Waals surface area contributed by atoms with E-state index >= 15 is 0 Å². The second-order valence-electron chi connectivity index (χ2n) is 4.37. The highest BCUT2D eigenvalue weighted by molar-refractivity contribution is 5.65. The molecule has 0 fully saturated rings. The Balaban J connectivity index is 2.22. The maximum atomic E-state index is 8.96. The fourth-order valence-corrected chi connectivity index (χ4v) is 2.03. The van der Waals surface area contributed by atoms with Gasteiger partial charge in [0.05, 0.1) is 11.8 Å². The predicted octanol–water partition coefficient (Wildman–Crippen LogP) is 3.68. The number of nitriles is 1. The first-order valence-electron chi connectivity index (χ1n) is 6.21. The monoisotopic (exact) mass is 248 g/mol. The maximum Gasteiger partial charge on any atom is 0.0934 e. The normalized spacial score (nSPS) is 10.8. The average Bonchev–Trinajstić information content (AvgIpc) is 2.46. The number of rotatable bonds is 4. The van der Waals surface area contributed by atoms with Crippen LogP contribution in [0.1, 0.15) is 11.1 Å². The van der Waals surface area contributed by atoms with Crippen LogP contribution in [0.4, 0.5) is 0 Å². The van der Waals surface area contributed by atoms with Gasteiger partial charge in [-0.25, -0.2) is 0 Å². The molecule has 0 N–H and O–H groups in total. The Morgan fingerprint density at radius 3 is 2.21 bits per heavy atom. The van der Waals surface area contributed by atoms with Gasteiger partial charge in [-0.2, -0.15) is 5.26 Å². The van der Waals surface area contributed by atoms with E-state index in [2.05, 4.69) is 23.1 Å². The van der Waals surface area contributed by atoms with Crippen molar-refractivity contribution >= 4 is 5.70 Å². The third-order valence-electron chi connectivity index (χ3n) is 2.94. The van der Waals surface area contributed by atoms with Crippen LogP contribution in [0.2, 0.25) is 0 Å². The molecule has 0 aliphatic rings. The number of hydrogen-bond donors (Lipinski definition) is 0. The quantitative estimate of drug-likeness (QED) is 0.772. The van der Waals surface area contributed by atoms with Crippen molar-refractivity contribution in [3.05, 3.63) is 77.9 Å². The van der Waals surface area contributed by atoms with Crippen molar-refractivity contribution in [2.75, 3.05) is 7.05 Å². The summed E-state index contributed by atoms with van der Waals surface area (Å²) < 4.78 is 0. The minimum absolute atomic E-state index is 0.781. The van der Waals surface area contributed by atoms with Gasteiger partial charge in [-0.3, -0.25) is 0 Å². The summed E-state index contributed by atoms with van der Waals surface area (Å²) in [6.07, 6.45) is 1.60. The molecule has 0 unspecified atom stereocenters. The molecule has 0 saturated heterocycles. The van der Waals surface area contributed by atoms with E-state index in [-0.39, 0.29) is 0 Å². The lowest BCUT2D eigenvalue weighted by Gasteiger charge is -2.22. The first-order valence-corrected chi connectivity index (χ1v) is 6.21. The van der Waals surface area contributed by atoms with E-state index < -0.39 is 0 Å². The van der Waals surface area contributed by atoms with Crippen molar-refractivity contribution in [1.29, 1.82) is 5.26 Å². The number of benzene rings is 2. The lowest BCUT2D eigenvalue weighted by Crippen LogP contribution is -2.16. The van der Waals surface area contributed by atoms with Crippen LogP contribution >= 0.6 is 0 Å². The molecule has 0 aromatic heterocycles. The van der Waals surface area contributed by atoms with Gasteiger partial charge in [-0.05, 0) is 11.1 Å². The minimum atomic E-state index is 0.781. The molecule has 2 aromatic rings. The van der Waals surface area contributed by atoms with E-state index in [9.17, 15) is 0 Å². The molecular formula is C17H16N2. The number of allylic oxidation sites excluding steroid dienone is 1. The minimum Gasteiger partial charge on any atom is -0.369 e. The molecule has 0 bridgehead atoms. The first kappa shape index (κ1) is 12.9. The molecule has 2 aromatic carbocycles. The molecule has 19 heavy (non-hydrogen) atoms. The van der Waals surface area contributed by atoms with Crippen molar-refractivity contribution in [2.45, 2.75) is 6.54 Å². The van der Waals surface area contributed by atoms with Crippen molar-refractivity contribution in [3.8, 4) is 6.07 Å². The van der Waals surface area contributed by atoms with Crippen LogP contribution < -0.4 is 0 Å². The predicted molar refractivity (Wildman–Crippen MR) is 77.9 cm³/mol. The fourth-order valence-electron chi connectivity index (χ4n) is 2.03. The lowest BCUT2D eigenvalue weighted by molar-refractivity contribution is 0.475. The third-order valence-corrected chi connectivity index (χ3v) is 2.94. The third kappa shape index (κ3) is 3.46. The van der Waals surface area contributed by atoms with Crippen molar-refractivity contribution in [2.24, 2.45) is 0 Å². The van der Waals surface area contributed by atoms with Gasteiger partial charge in [0.15, 0.2) is 0 Å². The van der Waals surface area contributed by atoms with E-state index in [0.717, 1.165) is 17.8 Å². The zero-order valence-corrected chi connectivity index (χ0v) is 11.0. The summed E-state index contributed by atoms with van der Waals surface area (Å²) in [6, 6.07) is 22.3. The van der Waals surface area contributed by atoms with Crippen LogP contribution in [-0.2, 0) is 6.54 Å². The van der Waals surface area contributed by atoms with Crippen LogP contribution in [0, 0.1) is 11.3 Å². The van der Waals surface area contributed by atoms with E-state index in [1.807, 2.05) is 55.6 Å². The summed E-state index contributed by atoms with van der Waals surface area (Å²) >= 11 is 0. The van der Waals surface area contributed by atoms with Crippen LogP contribution in [0.15, 0.2) is 66.7 Å². The molecule has 0 aliphatic carbocycles. The Morgan fingerprint density at radius 1 is 1.05 bits per heavy atom. The molecule has 0 aliphatic heterocycles. The molecule has 0 heterocycles. The van der Waals surface area contributed by atoms with Gasteiger partial charge in [-0.15, -0.1) is 0 Å². The summed E-state index contributed by atoms with van der Waals surface area (Å²) in [5.74, 6) is 0. The zero-order valence-electron chi connectivity index (χ0n) is 11.0. The van der Waals surface area contributed by atoms with Gasteiger partial charge < -0.3 is 4.90 Å². The largest absolute Gasteiger partial charge is 0.369 e. The van der Waals surface area contributed by atoms with Crippen LogP contribution in [0.3, 0.4) is 0 Å². The lowest BCUT2D eigenvalue weighted by atomic mass is 10.1. The highest BCUT2D eigenvalue weighted by Gasteiger charge is 2.07. The second-order valence-corrected chi connectivity index (χ2v) is 4.37. The molecule has 0 amide bonds. The fraction of sp³-hybridized carbons (Fsp3) is 0.118. The van der Waals surface area contributed by atoms with E-state index in [4.69, 9.17) is 5.26 Å². The number of nitrogens with zero attached hydrogens (tertiary/aromatic N) is 2. The molecule has 94 valence electrons. The summed E-state index contributed by atoms with van der Waals surface area (Å²) in [6.45, 7) is 0.781. The molecule has 0 atom stereocenters. The Labute approximate surface area is 114 Å². The van der Waals surface area contributed by atoms with Gasteiger partial charge in [0.1, 0.15) is 0 Å². The molecule has 2 rings (SSSR count). The average molecular weight is 248 g/mol. The SMILES string of the molecule is CN(Cc1ccccc1)/C(=C\C#N)c1ccccc1. The topological polar surface area (TPSA) is 27.0 Å². The highest BCUT2D eigenvalue weighted by Crippen LogP contribution is 2.19. The summed E-state index contributed by atoms with van der Waals surface area (Å²) in [5, 5.41) is 8.96.